The zero-order valence-corrected chi connectivity index (χ0v) is 20.9. The molecule has 0 radical (unpaired) electrons. The van der Waals surface area contributed by atoms with Crippen molar-refractivity contribution in [3.63, 3.8) is 0 Å². The number of ether oxygens (including phenoxy) is 1. The molecule has 1 heterocycles. The Bertz CT molecular complexity index is 1120. The fourth-order valence-electron chi connectivity index (χ4n) is 4.52. The first-order valence-corrected chi connectivity index (χ1v) is 12.0. The lowest BCUT2D eigenvalue weighted by atomic mass is 9.87. The summed E-state index contributed by atoms with van der Waals surface area (Å²) in [4.78, 5) is 12.0. The highest BCUT2D eigenvalue weighted by Gasteiger charge is 2.40. The van der Waals surface area contributed by atoms with Gasteiger partial charge in [-0.1, -0.05) is 42.5 Å². The SMILES string of the molecule is C=CC[C@@]1(CN[C@](C=C)(CO[C@H](C)c2cc(C(F)(F)F)cc(C(F)(F)F)c2)c2ccccc2)CCC(=O)N1. The molecule has 2 aromatic carbocycles. The second-order valence-electron chi connectivity index (χ2n) is 9.51. The molecule has 1 saturated heterocycles. The summed E-state index contributed by atoms with van der Waals surface area (Å²) in [5, 5.41) is 6.39. The Balaban J connectivity index is 1.91. The number of hydrogen-bond donors (Lipinski definition) is 2. The fraction of sp³-hybridized carbons (Fsp3) is 0.393. The molecule has 1 aliphatic rings. The minimum absolute atomic E-state index is 0.0880. The lowest BCUT2D eigenvalue weighted by molar-refractivity contribution is -0.143. The molecule has 0 aromatic heterocycles. The highest BCUT2D eigenvalue weighted by Crippen LogP contribution is 2.38. The highest BCUT2D eigenvalue weighted by molar-refractivity contribution is 5.79. The Morgan fingerprint density at radius 3 is 2.11 bits per heavy atom. The van der Waals surface area contributed by atoms with Crippen LogP contribution in [0.25, 0.3) is 0 Å². The fourth-order valence-corrected chi connectivity index (χ4v) is 4.52. The standard InChI is InChI=1S/C28H30F6N2O2/c1-4-12-25(13-11-24(37)36-25)17-35-26(5-2,21-9-7-6-8-10-21)18-38-19(3)20-14-22(27(29,30)31)16-23(15-20)28(32,33)34/h4-10,14-16,19,35H,1-2,11-13,17-18H2,3H3,(H,36,37)/t19-,25+,26-/m1/s1. The summed E-state index contributed by atoms with van der Waals surface area (Å²) >= 11 is 0. The van der Waals surface area contributed by atoms with E-state index in [-0.39, 0.29) is 24.1 Å². The molecule has 2 aromatic rings. The van der Waals surface area contributed by atoms with Crippen LogP contribution in [0.3, 0.4) is 0 Å². The van der Waals surface area contributed by atoms with Gasteiger partial charge in [0, 0.05) is 13.0 Å². The van der Waals surface area contributed by atoms with Crippen LogP contribution >= 0.6 is 0 Å². The molecule has 0 unspecified atom stereocenters. The summed E-state index contributed by atoms with van der Waals surface area (Å²) in [6.45, 7) is 9.24. The maximum absolute atomic E-state index is 13.4. The van der Waals surface area contributed by atoms with Gasteiger partial charge in [-0.2, -0.15) is 26.3 Å². The number of carbonyl (C=O) groups excluding carboxylic acids is 1. The van der Waals surface area contributed by atoms with Gasteiger partial charge in [0.15, 0.2) is 0 Å². The van der Waals surface area contributed by atoms with Gasteiger partial charge in [0.25, 0.3) is 0 Å². The van der Waals surface area contributed by atoms with Crippen molar-refractivity contribution in [2.75, 3.05) is 13.2 Å². The van der Waals surface area contributed by atoms with Crippen molar-refractivity contribution in [2.24, 2.45) is 0 Å². The van der Waals surface area contributed by atoms with Crippen molar-refractivity contribution in [1.82, 2.24) is 10.6 Å². The number of rotatable bonds is 11. The van der Waals surface area contributed by atoms with Crippen molar-refractivity contribution in [3.05, 3.63) is 96.1 Å². The van der Waals surface area contributed by atoms with Crippen LogP contribution in [0.2, 0.25) is 0 Å². The topological polar surface area (TPSA) is 50.4 Å². The molecule has 206 valence electrons. The molecule has 3 atom stereocenters. The van der Waals surface area contributed by atoms with E-state index in [2.05, 4.69) is 23.8 Å². The average Bonchev–Trinajstić information content (AvgIpc) is 3.24. The third kappa shape index (κ3) is 6.85. The smallest absolute Gasteiger partial charge is 0.371 e. The largest absolute Gasteiger partial charge is 0.416 e. The van der Waals surface area contributed by atoms with Crippen LogP contribution in [-0.4, -0.2) is 24.6 Å². The van der Waals surface area contributed by atoms with Gasteiger partial charge in [-0.3, -0.25) is 10.1 Å². The normalized spacial score (nSPS) is 20.4. The molecular formula is C28H30F6N2O2. The first-order chi connectivity index (χ1) is 17.7. The van der Waals surface area contributed by atoms with Crippen LogP contribution in [0.4, 0.5) is 26.3 Å². The van der Waals surface area contributed by atoms with Crippen molar-refractivity contribution >= 4 is 5.91 Å². The van der Waals surface area contributed by atoms with Crippen LogP contribution < -0.4 is 10.6 Å². The van der Waals surface area contributed by atoms with E-state index in [1.54, 1.807) is 30.4 Å². The van der Waals surface area contributed by atoms with E-state index < -0.39 is 40.7 Å². The number of halogens is 6. The first-order valence-electron chi connectivity index (χ1n) is 12.0. The second-order valence-corrected chi connectivity index (χ2v) is 9.51. The minimum atomic E-state index is -4.96. The maximum atomic E-state index is 13.4. The molecule has 0 bridgehead atoms. The molecule has 0 aliphatic carbocycles. The van der Waals surface area contributed by atoms with Crippen molar-refractivity contribution in [1.29, 1.82) is 0 Å². The van der Waals surface area contributed by atoms with Crippen LogP contribution in [0, 0.1) is 0 Å². The second kappa shape index (κ2) is 11.3. The minimum Gasteiger partial charge on any atom is -0.371 e. The van der Waals surface area contributed by atoms with Gasteiger partial charge in [-0.15, -0.1) is 13.2 Å². The molecule has 0 saturated carbocycles. The van der Waals surface area contributed by atoms with Crippen LogP contribution in [0.5, 0.6) is 0 Å². The Labute approximate surface area is 217 Å². The highest BCUT2D eigenvalue weighted by atomic mass is 19.4. The number of nitrogens with one attached hydrogen (secondary N) is 2. The van der Waals surface area contributed by atoms with E-state index in [1.807, 2.05) is 12.1 Å². The number of benzene rings is 2. The van der Waals surface area contributed by atoms with E-state index in [4.69, 9.17) is 4.74 Å². The van der Waals surface area contributed by atoms with E-state index in [0.29, 0.717) is 37.9 Å². The summed E-state index contributed by atoms with van der Waals surface area (Å²) in [5.74, 6) is -0.0903. The zero-order valence-electron chi connectivity index (χ0n) is 20.9. The van der Waals surface area contributed by atoms with Gasteiger partial charge in [0.05, 0.1) is 34.9 Å². The molecule has 4 nitrogen and oxygen atoms in total. The van der Waals surface area contributed by atoms with Gasteiger partial charge in [0.1, 0.15) is 0 Å². The van der Waals surface area contributed by atoms with Gasteiger partial charge in [-0.25, -0.2) is 0 Å². The molecule has 1 aliphatic heterocycles. The lowest BCUT2D eigenvalue weighted by Crippen LogP contribution is -2.55. The first kappa shape index (κ1) is 29.4. The summed E-state index contributed by atoms with van der Waals surface area (Å²) in [5.41, 5.74) is -4.01. The molecule has 1 amide bonds. The van der Waals surface area contributed by atoms with Crippen molar-refractivity contribution in [2.45, 2.75) is 55.7 Å². The Kier molecular flexibility index (Phi) is 8.78. The summed E-state index contributed by atoms with van der Waals surface area (Å²) < 4.78 is 86.1. The Morgan fingerprint density at radius 1 is 1.03 bits per heavy atom. The summed E-state index contributed by atoms with van der Waals surface area (Å²) in [7, 11) is 0. The van der Waals surface area contributed by atoms with Gasteiger partial charge in [-0.05, 0) is 49.1 Å². The molecule has 1 fully saturated rings. The van der Waals surface area contributed by atoms with Crippen molar-refractivity contribution < 1.29 is 35.9 Å². The van der Waals surface area contributed by atoms with Crippen molar-refractivity contribution in [3.8, 4) is 0 Å². The third-order valence-electron chi connectivity index (χ3n) is 6.79. The van der Waals surface area contributed by atoms with Crippen LogP contribution in [0.1, 0.15) is 54.5 Å². The van der Waals surface area contributed by atoms with Crippen LogP contribution in [-0.2, 0) is 27.4 Å². The quantitative estimate of drug-likeness (QED) is 0.246. The number of hydrogen-bond acceptors (Lipinski definition) is 3. The van der Waals surface area contributed by atoms with E-state index in [1.165, 1.54) is 6.92 Å². The van der Waals surface area contributed by atoms with Gasteiger partial charge in [0.2, 0.25) is 5.91 Å². The predicted molar refractivity (Wildman–Crippen MR) is 132 cm³/mol. The van der Waals surface area contributed by atoms with Crippen LogP contribution in [0.15, 0.2) is 73.8 Å². The molecule has 0 spiro atoms. The number of carbonyl (C=O) groups is 1. The number of amides is 1. The van der Waals surface area contributed by atoms with E-state index in [9.17, 15) is 31.1 Å². The monoisotopic (exact) mass is 540 g/mol. The average molecular weight is 541 g/mol. The van der Waals surface area contributed by atoms with E-state index >= 15 is 0 Å². The third-order valence-corrected chi connectivity index (χ3v) is 6.79. The molecule has 2 N–H and O–H groups in total. The predicted octanol–water partition coefficient (Wildman–Crippen LogP) is 6.70. The Hall–Kier alpha value is -3.11. The maximum Gasteiger partial charge on any atom is 0.416 e. The van der Waals surface area contributed by atoms with Gasteiger partial charge >= 0.3 is 12.4 Å². The summed E-state index contributed by atoms with van der Waals surface area (Å²) in [6.07, 6.45) is -6.33. The van der Waals surface area contributed by atoms with E-state index in [0.717, 1.165) is 5.56 Å². The summed E-state index contributed by atoms with van der Waals surface area (Å²) in [6, 6.07) is 10.4. The Morgan fingerprint density at radius 2 is 1.63 bits per heavy atom. The molecule has 38 heavy (non-hydrogen) atoms. The molecule has 3 rings (SSSR count). The molecular weight excluding hydrogens is 510 g/mol. The lowest BCUT2D eigenvalue weighted by Gasteiger charge is -2.38. The number of alkyl halides is 6. The zero-order chi connectivity index (χ0) is 28.2. The molecule has 10 heteroatoms. The van der Waals surface area contributed by atoms with Gasteiger partial charge < -0.3 is 10.1 Å².